The van der Waals surface area contributed by atoms with E-state index in [2.05, 4.69) is 47.2 Å². The Hall–Kier alpha value is -1.75. The van der Waals surface area contributed by atoms with Crippen LogP contribution in [0.4, 0.5) is 0 Å². The summed E-state index contributed by atoms with van der Waals surface area (Å²) in [7, 11) is 0. The van der Waals surface area contributed by atoms with Crippen molar-refractivity contribution >= 4 is 0 Å². The molecule has 19 heavy (non-hydrogen) atoms. The van der Waals surface area contributed by atoms with E-state index in [0.29, 0.717) is 0 Å². The molecule has 0 saturated carbocycles. The summed E-state index contributed by atoms with van der Waals surface area (Å²) in [6.45, 7) is 7.99. The molecule has 0 saturated heterocycles. The third-order valence-electron chi connectivity index (χ3n) is 3.02. The van der Waals surface area contributed by atoms with Crippen molar-refractivity contribution in [1.29, 1.82) is 0 Å². The lowest BCUT2D eigenvalue weighted by Gasteiger charge is -2.05. The van der Waals surface area contributed by atoms with Crippen LogP contribution in [-0.4, -0.2) is 26.3 Å². The Bertz CT molecular complexity index is 515. The molecule has 1 N–H and O–H groups in total. The Morgan fingerprint density at radius 3 is 2.47 bits per heavy atom. The van der Waals surface area contributed by atoms with E-state index < -0.39 is 0 Å². The summed E-state index contributed by atoms with van der Waals surface area (Å²) >= 11 is 0. The molecule has 0 aromatic carbocycles. The van der Waals surface area contributed by atoms with Crippen LogP contribution in [0.5, 0.6) is 0 Å². The number of hydrogen-bond acceptors (Lipinski definition) is 4. The van der Waals surface area contributed by atoms with Gasteiger partial charge in [-0.2, -0.15) is 5.10 Å². The Morgan fingerprint density at radius 1 is 1.05 bits per heavy atom. The number of hydrogen-bond donors (Lipinski definition) is 1. The molecule has 0 radical (unpaired) electrons. The van der Waals surface area contributed by atoms with Gasteiger partial charge in [-0.1, -0.05) is 20.8 Å². The lowest BCUT2D eigenvalue weighted by atomic mass is 10.3. The van der Waals surface area contributed by atoms with Crippen molar-refractivity contribution in [2.45, 2.75) is 40.2 Å². The molecular formula is C14H21N5. The zero-order valence-corrected chi connectivity index (χ0v) is 11.8. The van der Waals surface area contributed by atoms with Crippen LogP contribution in [0.15, 0.2) is 18.5 Å². The average Bonchev–Trinajstić information content (AvgIpc) is 2.89. The van der Waals surface area contributed by atoms with E-state index in [1.165, 1.54) is 5.69 Å². The summed E-state index contributed by atoms with van der Waals surface area (Å²) in [5, 5.41) is 7.79. The minimum Gasteiger partial charge on any atom is -0.311 e. The number of aromatic nitrogens is 4. The third kappa shape index (κ3) is 3.17. The normalized spacial score (nSPS) is 10.9. The maximum Gasteiger partial charge on any atom is 0.172 e. The van der Waals surface area contributed by atoms with Crippen LogP contribution in [0.2, 0.25) is 0 Å². The highest BCUT2D eigenvalue weighted by molar-refractivity contribution is 5.24. The molecule has 0 bridgehead atoms. The predicted molar refractivity (Wildman–Crippen MR) is 75.3 cm³/mol. The molecule has 2 rings (SSSR count). The molecule has 2 aromatic heterocycles. The lowest BCUT2D eigenvalue weighted by Crippen LogP contribution is -2.14. The first-order chi connectivity index (χ1) is 9.28. The van der Waals surface area contributed by atoms with Crippen LogP contribution in [0.3, 0.4) is 0 Å². The number of aryl methyl sites for hydroxylation is 2. The number of rotatable bonds is 6. The fraction of sp³-hybridized carbons (Fsp3) is 0.500. The van der Waals surface area contributed by atoms with Crippen molar-refractivity contribution in [1.82, 2.24) is 25.1 Å². The molecule has 0 amide bonds. The Labute approximate surface area is 114 Å². The summed E-state index contributed by atoms with van der Waals surface area (Å²) in [6.07, 6.45) is 5.47. The van der Waals surface area contributed by atoms with Crippen molar-refractivity contribution in [2.75, 3.05) is 6.54 Å². The number of nitrogens with zero attached hydrogens (tertiary/aromatic N) is 4. The van der Waals surface area contributed by atoms with Crippen molar-refractivity contribution in [2.24, 2.45) is 0 Å². The second-order valence-electron chi connectivity index (χ2n) is 4.39. The molecule has 0 aliphatic heterocycles. The quantitative estimate of drug-likeness (QED) is 0.861. The maximum atomic E-state index is 4.56. The van der Waals surface area contributed by atoms with Crippen molar-refractivity contribution < 1.29 is 0 Å². The van der Waals surface area contributed by atoms with Gasteiger partial charge in [-0.15, -0.1) is 0 Å². The third-order valence-corrected chi connectivity index (χ3v) is 3.02. The van der Waals surface area contributed by atoms with E-state index >= 15 is 0 Å². The SMILES string of the molecule is CCNCc1cnc(-n2nc(CC)cc2CC)cn1. The summed E-state index contributed by atoms with van der Waals surface area (Å²) in [5.41, 5.74) is 3.22. The zero-order valence-electron chi connectivity index (χ0n) is 11.8. The molecule has 102 valence electrons. The molecule has 0 atom stereocenters. The van der Waals surface area contributed by atoms with Gasteiger partial charge in [0.2, 0.25) is 0 Å². The fourth-order valence-electron chi connectivity index (χ4n) is 1.90. The molecular weight excluding hydrogens is 238 g/mol. The second-order valence-corrected chi connectivity index (χ2v) is 4.39. The minimum atomic E-state index is 0.754. The standard InChI is InChI=1S/C14H21N5/c1-4-11-7-13(5-2)19(18-11)14-10-16-12(9-17-14)8-15-6-3/h7,9-10,15H,4-6,8H2,1-3H3. The van der Waals surface area contributed by atoms with E-state index in [-0.39, 0.29) is 0 Å². The van der Waals surface area contributed by atoms with Crippen LogP contribution < -0.4 is 5.32 Å². The molecule has 0 aliphatic carbocycles. The van der Waals surface area contributed by atoms with E-state index in [9.17, 15) is 0 Å². The smallest absolute Gasteiger partial charge is 0.172 e. The van der Waals surface area contributed by atoms with E-state index in [0.717, 1.165) is 43.1 Å². The minimum absolute atomic E-state index is 0.754. The first-order valence-corrected chi connectivity index (χ1v) is 6.88. The molecule has 5 heteroatoms. The summed E-state index contributed by atoms with van der Waals surface area (Å²) < 4.78 is 1.89. The molecule has 5 nitrogen and oxygen atoms in total. The summed E-state index contributed by atoms with van der Waals surface area (Å²) in [4.78, 5) is 8.87. The van der Waals surface area contributed by atoms with E-state index in [1.807, 2.05) is 10.9 Å². The molecule has 0 aliphatic rings. The monoisotopic (exact) mass is 259 g/mol. The highest BCUT2D eigenvalue weighted by atomic mass is 15.3. The first-order valence-electron chi connectivity index (χ1n) is 6.88. The van der Waals surface area contributed by atoms with Gasteiger partial charge in [0.1, 0.15) is 0 Å². The summed E-state index contributed by atoms with van der Waals surface area (Å²) in [5.74, 6) is 0.789. The lowest BCUT2D eigenvalue weighted by molar-refractivity contribution is 0.700. The zero-order chi connectivity index (χ0) is 13.7. The van der Waals surface area contributed by atoms with Crippen molar-refractivity contribution in [3.8, 4) is 5.82 Å². The van der Waals surface area contributed by atoms with Gasteiger partial charge in [0.05, 0.1) is 23.8 Å². The topological polar surface area (TPSA) is 55.6 Å². The van der Waals surface area contributed by atoms with Gasteiger partial charge in [0.25, 0.3) is 0 Å². The Balaban J connectivity index is 2.23. The average molecular weight is 259 g/mol. The van der Waals surface area contributed by atoms with Crippen LogP contribution >= 0.6 is 0 Å². The van der Waals surface area contributed by atoms with Crippen LogP contribution in [0.1, 0.15) is 37.9 Å². The largest absolute Gasteiger partial charge is 0.311 e. The molecule has 0 unspecified atom stereocenters. The number of nitrogens with one attached hydrogen (secondary N) is 1. The highest BCUT2D eigenvalue weighted by Crippen LogP contribution is 2.11. The van der Waals surface area contributed by atoms with Crippen LogP contribution in [0.25, 0.3) is 5.82 Å². The Kier molecular flexibility index (Phi) is 4.63. The summed E-state index contributed by atoms with van der Waals surface area (Å²) in [6, 6.07) is 2.13. The molecule has 2 aromatic rings. The van der Waals surface area contributed by atoms with Gasteiger partial charge >= 0.3 is 0 Å². The van der Waals surface area contributed by atoms with Crippen molar-refractivity contribution in [3.63, 3.8) is 0 Å². The van der Waals surface area contributed by atoms with Crippen LogP contribution in [-0.2, 0) is 19.4 Å². The maximum absolute atomic E-state index is 4.56. The Morgan fingerprint density at radius 2 is 1.89 bits per heavy atom. The van der Waals surface area contributed by atoms with Gasteiger partial charge in [-0.3, -0.25) is 4.98 Å². The fourth-order valence-corrected chi connectivity index (χ4v) is 1.90. The van der Waals surface area contributed by atoms with Gasteiger partial charge in [-0.25, -0.2) is 9.67 Å². The molecule has 0 fully saturated rings. The second kappa shape index (κ2) is 6.43. The molecule has 2 heterocycles. The van der Waals surface area contributed by atoms with Gasteiger partial charge in [-0.05, 0) is 25.5 Å². The van der Waals surface area contributed by atoms with Gasteiger partial charge < -0.3 is 5.32 Å². The van der Waals surface area contributed by atoms with Gasteiger partial charge in [0.15, 0.2) is 5.82 Å². The predicted octanol–water partition coefficient (Wildman–Crippen LogP) is 1.90. The first kappa shape index (κ1) is 13.7. The molecule has 0 spiro atoms. The van der Waals surface area contributed by atoms with E-state index in [1.54, 1.807) is 6.20 Å². The van der Waals surface area contributed by atoms with Crippen molar-refractivity contribution in [3.05, 3.63) is 35.5 Å². The van der Waals surface area contributed by atoms with Crippen LogP contribution in [0, 0.1) is 0 Å². The highest BCUT2D eigenvalue weighted by Gasteiger charge is 2.08. The van der Waals surface area contributed by atoms with Gasteiger partial charge in [0, 0.05) is 12.2 Å². The van der Waals surface area contributed by atoms with E-state index in [4.69, 9.17) is 0 Å².